The van der Waals surface area contributed by atoms with Gasteiger partial charge in [-0.3, -0.25) is 18.9 Å². The molecule has 4 N–H and O–H groups in total. The number of ether oxygens (including phenoxy) is 1. The first-order valence-corrected chi connectivity index (χ1v) is 13.8. The number of hydrogen-bond acceptors (Lipinski definition) is 6. The van der Waals surface area contributed by atoms with Crippen LogP contribution in [0.5, 0.6) is 11.5 Å². The van der Waals surface area contributed by atoms with E-state index in [2.05, 4.69) is 20.1 Å². The molecule has 0 bridgehead atoms. The van der Waals surface area contributed by atoms with Crippen molar-refractivity contribution >= 4 is 67.5 Å². The van der Waals surface area contributed by atoms with E-state index in [-0.39, 0.29) is 51.4 Å². The van der Waals surface area contributed by atoms with E-state index in [1.54, 1.807) is 13.0 Å². The van der Waals surface area contributed by atoms with Gasteiger partial charge in [0.15, 0.2) is 5.75 Å². The zero-order chi connectivity index (χ0) is 27.5. The Hall–Kier alpha value is -2.88. The lowest BCUT2D eigenvalue weighted by molar-refractivity contribution is 0.0953. The molecule has 0 atom stereocenters. The second kappa shape index (κ2) is 11.7. The van der Waals surface area contributed by atoms with Gasteiger partial charge in [0.05, 0.1) is 16.9 Å². The Morgan fingerprint density at radius 1 is 1.22 bits per heavy atom. The van der Waals surface area contributed by atoms with Crippen LogP contribution in [-0.2, 0) is 17.3 Å². The highest BCUT2D eigenvalue weighted by Crippen LogP contribution is 2.39. The van der Waals surface area contributed by atoms with Crippen molar-refractivity contribution in [3.8, 4) is 11.5 Å². The Morgan fingerprint density at radius 3 is 2.54 bits per heavy atom. The molecule has 0 saturated heterocycles. The van der Waals surface area contributed by atoms with Gasteiger partial charge in [0.2, 0.25) is 0 Å². The first-order chi connectivity index (χ1) is 17.4. The standard InChI is InChI=1S/C23H24ClFIN5O5S/c1-5-28-22(32)18-20(36-17-8-6-7-16(19(17)24)30-37(34,35)27-3)12(2)23(33)31(4)21(18)29-15-10-9-13(26)11-14(15)25/h6-11,27,29-30H,5H2,1-4H3,(H,28,32). The Bertz CT molecular complexity index is 1530. The highest BCUT2D eigenvalue weighted by molar-refractivity contribution is 14.1. The number of nitrogens with one attached hydrogen (secondary N) is 4. The number of nitrogens with zero attached hydrogens (tertiary/aromatic N) is 1. The van der Waals surface area contributed by atoms with Crippen LogP contribution in [0.15, 0.2) is 41.2 Å². The third-order valence-electron chi connectivity index (χ3n) is 5.20. The molecular weight excluding hydrogens is 640 g/mol. The maximum Gasteiger partial charge on any atom is 0.298 e. The van der Waals surface area contributed by atoms with Gasteiger partial charge in [-0.2, -0.15) is 8.42 Å². The minimum Gasteiger partial charge on any atom is -0.454 e. The number of pyridine rings is 1. The van der Waals surface area contributed by atoms with E-state index >= 15 is 0 Å². The van der Waals surface area contributed by atoms with Crippen LogP contribution in [0.1, 0.15) is 22.8 Å². The van der Waals surface area contributed by atoms with Crippen molar-refractivity contribution in [3.05, 3.63) is 72.3 Å². The van der Waals surface area contributed by atoms with Crippen molar-refractivity contribution in [2.24, 2.45) is 7.05 Å². The van der Waals surface area contributed by atoms with Crippen LogP contribution in [0.3, 0.4) is 0 Å². The fourth-order valence-electron chi connectivity index (χ4n) is 3.34. The number of hydrogen-bond donors (Lipinski definition) is 4. The summed E-state index contributed by atoms with van der Waals surface area (Å²) < 4.78 is 50.8. The molecule has 2 aromatic carbocycles. The van der Waals surface area contributed by atoms with E-state index in [1.165, 1.54) is 55.9 Å². The molecule has 0 aliphatic rings. The summed E-state index contributed by atoms with van der Waals surface area (Å²) in [5, 5.41) is 5.41. The van der Waals surface area contributed by atoms with Crippen molar-refractivity contribution in [2.45, 2.75) is 13.8 Å². The molecule has 198 valence electrons. The molecule has 0 aliphatic heterocycles. The quantitative estimate of drug-likeness (QED) is 0.253. The van der Waals surface area contributed by atoms with E-state index in [0.29, 0.717) is 3.57 Å². The Labute approximate surface area is 231 Å². The minimum absolute atomic E-state index is 0.00821. The number of carbonyl (C=O) groups excluding carboxylic acids is 1. The van der Waals surface area contributed by atoms with Gasteiger partial charge in [-0.15, -0.1) is 0 Å². The first kappa shape index (κ1) is 28.7. The maximum absolute atomic E-state index is 14.7. The molecule has 0 unspecified atom stereocenters. The minimum atomic E-state index is -3.89. The van der Waals surface area contributed by atoms with Gasteiger partial charge in [-0.25, -0.2) is 9.11 Å². The third-order valence-corrected chi connectivity index (χ3v) is 7.29. The van der Waals surface area contributed by atoms with Crippen molar-refractivity contribution in [1.82, 2.24) is 14.6 Å². The highest BCUT2D eigenvalue weighted by Gasteiger charge is 2.27. The molecule has 37 heavy (non-hydrogen) atoms. The molecule has 1 amide bonds. The number of aromatic nitrogens is 1. The lowest BCUT2D eigenvalue weighted by Gasteiger charge is -2.22. The molecule has 0 fully saturated rings. The van der Waals surface area contributed by atoms with E-state index in [1.807, 2.05) is 22.6 Å². The van der Waals surface area contributed by atoms with Gasteiger partial charge >= 0.3 is 0 Å². The van der Waals surface area contributed by atoms with E-state index in [0.717, 1.165) is 0 Å². The molecule has 3 aromatic rings. The predicted molar refractivity (Wildman–Crippen MR) is 150 cm³/mol. The average molecular weight is 664 g/mol. The summed E-state index contributed by atoms with van der Waals surface area (Å²) >= 11 is 8.38. The Morgan fingerprint density at radius 2 is 1.92 bits per heavy atom. The monoisotopic (exact) mass is 663 g/mol. The topological polar surface area (TPSA) is 131 Å². The summed E-state index contributed by atoms with van der Waals surface area (Å²) in [6.45, 7) is 3.45. The summed E-state index contributed by atoms with van der Waals surface area (Å²) in [7, 11) is -1.22. The summed E-state index contributed by atoms with van der Waals surface area (Å²) in [6, 6.07) is 8.80. The van der Waals surface area contributed by atoms with Gasteiger partial charge in [0, 0.05) is 24.2 Å². The molecular formula is C23H24ClFIN5O5S. The lowest BCUT2D eigenvalue weighted by atomic mass is 10.1. The van der Waals surface area contributed by atoms with Crippen molar-refractivity contribution < 1.29 is 22.3 Å². The molecule has 0 spiro atoms. The molecule has 0 radical (unpaired) electrons. The van der Waals surface area contributed by atoms with Crippen LogP contribution in [0.4, 0.5) is 21.6 Å². The van der Waals surface area contributed by atoms with Gasteiger partial charge in [-0.05, 0) is 66.8 Å². The van der Waals surface area contributed by atoms with Gasteiger partial charge in [-0.1, -0.05) is 17.7 Å². The van der Waals surface area contributed by atoms with Crippen molar-refractivity contribution in [2.75, 3.05) is 23.6 Å². The fraction of sp³-hybridized carbons (Fsp3) is 0.217. The largest absolute Gasteiger partial charge is 0.454 e. The number of benzene rings is 2. The number of rotatable bonds is 9. The number of amides is 1. The molecule has 0 saturated carbocycles. The fourth-order valence-corrected chi connectivity index (χ4v) is 4.62. The zero-order valence-corrected chi connectivity index (χ0v) is 23.9. The molecule has 1 heterocycles. The highest BCUT2D eigenvalue weighted by atomic mass is 127. The van der Waals surface area contributed by atoms with Crippen LogP contribution >= 0.6 is 34.2 Å². The van der Waals surface area contributed by atoms with Crippen LogP contribution in [0.2, 0.25) is 5.02 Å². The molecule has 0 aliphatic carbocycles. The second-order valence-electron chi connectivity index (χ2n) is 7.68. The molecule has 14 heteroatoms. The average Bonchev–Trinajstić information content (AvgIpc) is 2.84. The second-order valence-corrected chi connectivity index (χ2v) is 10.9. The van der Waals surface area contributed by atoms with Crippen molar-refractivity contribution in [3.63, 3.8) is 0 Å². The molecule has 10 nitrogen and oxygen atoms in total. The molecule has 1 aromatic heterocycles. The van der Waals surface area contributed by atoms with Crippen LogP contribution in [0, 0.1) is 16.3 Å². The first-order valence-electron chi connectivity index (χ1n) is 10.8. The molecule has 3 rings (SSSR count). The zero-order valence-electron chi connectivity index (χ0n) is 20.2. The number of halogens is 3. The summed E-state index contributed by atoms with van der Waals surface area (Å²) in [6.07, 6.45) is 0. The maximum atomic E-state index is 14.7. The van der Waals surface area contributed by atoms with Gasteiger partial charge in [0.1, 0.15) is 28.0 Å². The van der Waals surface area contributed by atoms with Gasteiger partial charge < -0.3 is 15.4 Å². The van der Waals surface area contributed by atoms with Crippen LogP contribution < -0.4 is 30.4 Å². The number of anilines is 3. The van der Waals surface area contributed by atoms with E-state index in [9.17, 15) is 22.4 Å². The predicted octanol–water partition coefficient (Wildman–Crippen LogP) is 4.25. The number of carbonyl (C=O) groups is 1. The summed E-state index contributed by atoms with van der Waals surface area (Å²) in [4.78, 5) is 26.3. The van der Waals surface area contributed by atoms with E-state index < -0.39 is 27.5 Å². The van der Waals surface area contributed by atoms with Crippen LogP contribution in [-0.4, -0.2) is 32.5 Å². The normalized spacial score (nSPS) is 11.2. The summed E-state index contributed by atoms with van der Waals surface area (Å²) in [5.74, 6) is -1.34. The van der Waals surface area contributed by atoms with Gasteiger partial charge in [0.25, 0.3) is 21.7 Å². The SMILES string of the molecule is CCNC(=O)c1c(Oc2cccc(NS(=O)(=O)NC)c2Cl)c(C)c(=O)n(C)c1Nc1ccc(I)cc1F. The lowest BCUT2D eigenvalue weighted by Crippen LogP contribution is -2.30. The van der Waals surface area contributed by atoms with Crippen LogP contribution in [0.25, 0.3) is 0 Å². The van der Waals surface area contributed by atoms with E-state index in [4.69, 9.17) is 16.3 Å². The Kier molecular flexibility index (Phi) is 9.05. The van der Waals surface area contributed by atoms with Crippen molar-refractivity contribution in [1.29, 1.82) is 0 Å². The smallest absolute Gasteiger partial charge is 0.298 e. The Balaban J connectivity index is 2.23. The summed E-state index contributed by atoms with van der Waals surface area (Å²) in [5.41, 5.74) is -0.461. The third kappa shape index (κ3) is 6.34.